The summed E-state index contributed by atoms with van der Waals surface area (Å²) in [5.41, 5.74) is 0.262. The van der Waals surface area contributed by atoms with E-state index in [9.17, 15) is 13.2 Å². The highest BCUT2D eigenvalue weighted by Gasteiger charge is 2.43. The van der Waals surface area contributed by atoms with E-state index in [0.717, 1.165) is 36.9 Å². The molecule has 5 rings (SSSR count). The number of aromatic nitrogens is 5. The van der Waals surface area contributed by atoms with Gasteiger partial charge in [0, 0.05) is 36.9 Å². The van der Waals surface area contributed by atoms with Crippen molar-refractivity contribution in [2.45, 2.75) is 32.0 Å². The molecule has 0 spiro atoms. The second-order valence-electron chi connectivity index (χ2n) is 7.78. The summed E-state index contributed by atoms with van der Waals surface area (Å²) in [5, 5.41) is 8.78. The summed E-state index contributed by atoms with van der Waals surface area (Å²) in [4.78, 5) is 11.2. The molecule has 0 radical (unpaired) electrons. The van der Waals surface area contributed by atoms with Gasteiger partial charge in [-0.05, 0) is 43.7 Å². The topological polar surface area (TPSA) is 80.5 Å². The largest absolute Gasteiger partial charge is 0.480 e. The monoisotopic (exact) mass is 439 g/mol. The maximum atomic E-state index is 12.5. The van der Waals surface area contributed by atoms with Crippen LogP contribution in [0.5, 0.6) is 5.75 Å². The highest BCUT2D eigenvalue weighted by Crippen LogP contribution is 2.40. The Morgan fingerprint density at radius 1 is 1.23 bits per heavy atom. The van der Waals surface area contributed by atoms with Crippen LogP contribution >= 0.6 is 11.5 Å². The Bertz CT molecular complexity index is 1040. The maximum absolute atomic E-state index is 12.5. The number of halogens is 3. The molecule has 0 aromatic carbocycles. The normalized spacial score (nSPS) is 23.9. The fraction of sp³-hybridized carbons (Fsp3) is 0.556. The molecular weight excluding hydrogens is 419 g/mol. The Labute approximate surface area is 174 Å². The van der Waals surface area contributed by atoms with Gasteiger partial charge in [0.25, 0.3) is 0 Å². The number of aryl methyl sites for hydroxylation is 1. The van der Waals surface area contributed by atoms with E-state index in [4.69, 9.17) is 4.74 Å². The van der Waals surface area contributed by atoms with Crippen molar-refractivity contribution in [2.24, 2.45) is 11.8 Å². The molecule has 2 bridgehead atoms. The number of anilines is 2. The van der Waals surface area contributed by atoms with Crippen molar-refractivity contribution in [1.29, 1.82) is 0 Å². The van der Waals surface area contributed by atoms with Gasteiger partial charge in [0.1, 0.15) is 5.82 Å². The second-order valence-corrected chi connectivity index (χ2v) is 8.51. The van der Waals surface area contributed by atoms with Crippen LogP contribution in [-0.2, 0) is 0 Å². The Morgan fingerprint density at radius 2 is 2.00 bits per heavy atom. The van der Waals surface area contributed by atoms with E-state index in [1.165, 1.54) is 22.1 Å². The molecule has 3 aromatic heterocycles. The molecule has 8 nitrogen and oxygen atoms in total. The molecule has 3 atom stereocenters. The summed E-state index contributed by atoms with van der Waals surface area (Å²) in [6.45, 7) is 2.30. The number of pyridine rings is 1. The van der Waals surface area contributed by atoms with Crippen molar-refractivity contribution in [2.75, 3.05) is 29.9 Å². The average molecular weight is 439 g/mol. The SMILES string of the molecule is Cc1nsc(N2CC3CC[C@@H](C2)[C@@H]3Nc2nc3c(OCC(F)(F)F)cccn3n2)n1. The lowest BCUT2D eigenvalue weighted by molar-refractivity contribution is -0.153. The first-order valence-corrected chi connectivity index (χ1v) is 10.5. The van der Waals surface area contributed by atoms with E-state index in [0.29, 0.717) is 17.8 Å². The van der Waals surface area contributed by atoms with E-state index in [2.05, 4.69) is 29.7 Å². The van der Waals surface area contributed by atoms with Gasteiger partial charge in [-0.1, -0.05) is 0 Å². The van der Waals surface area contributed by atoms with Gasteiger partial charge in [-0.15, -0.1) is 5.10 Å². The summed E-state index contributed by atoms with van der Waals surface area (Å²) in [7, 11) is 0. The van der Waals surface area contributed by atoms with Crippen LogP contribution in [-0.4, -0.2) is 55.9 Å². The van der Waals surface area contributed by atoms with Crippen LogP contribution in [0.25, 0.3) is 5.65 Å². The Kier molecular flexibility index (Phi) is 4.68. The number of piperidine rings is 1. The Morgan fingerprint density at radius 3 is 2.67 bits per heavy atom. The zero-order valence-corrected chi connectivity index (χ0v) is 16.9. The van der Waals surface area contributed by atoms with Crippen molar-refractivity contribution in [3.05, 3.63) is 24.2 Å². The molecule has 2 fully saturated rings. The zero-order chi connectivity index (χ0) is 20.9. The van der Waals surface area contributed by atoms with Crippen LogP contribution in [0.4, 0.5) is 24.3 Å². The first-order valence-electron chi connectivity index (χ1n) is 9.72. The van der Waals surface area contributed by atoms with Crippen LogP contribution in [0.1, 0.15) is 18.7 Å². The van der Waals surface area contributed by atoms with E-state index < -0.39 is 12.8 Å². The minimum atomic E-state index is -4.41. The summed E-state index contributed by atoms with van der Waals surface area (Å²) < 4.78 is 48.2. The predicted molar refractivity (Wildman–Crippen MR) is 105 cm³/mol. The van der Waals surface area contributed by atoms with Gasteiger partial charge < -0.3 is 15.0 Å². The predicted octanol–water partition coefficient (Wildman–Crippen LogP) is 3.16. The quantitative estimate of drug-likeness (QED) is 0.654. The molecule has 160 valence electrons. The smallest absolute Gasteiger partial charge is 0.422 e. The molecule has 1 unspecified atom stereocenters. The number of nitrogens with zero attached hydrogens (tertiary/aromatic N) is 6. The van der Waals surface area contributed by atoms with E-state index >= 15 is 0 Å². The number of hydrogen-bond acceptors (Lipinski definition) is 8. The van der Waals surface area contributed by atoms with Gasteiger partial charge in [0.2, 0.25) is 11.1 Å². The fourth-order valence-electron chi connectivity index (χ4n) is 4.39. The van der Waals surface area contributed by atoms with Crippen LogP contribution in [0.2, 0.25) is 0 Å². The van der Waals surface area contributed by atoms with Crippen LogP contribution < -0.4 is 15.0 Å². The van der Waals surface area contributed by atoms with E-state index in [-0.39, 0.29) is 17.4 Å². The molecule has 1 saturated carbocycles. The molecule has 0 amide bonds. The molecule has 2 aliphatic rings. The molecule has 1 aliphatic heterocycles. The minimum absolute atomic E-state index is 0.0554. The minimum Gasteiger partial charge on any atom is -0.480 e. The summed E-state index contributed by atoms with van der Waals surface area (Å²) in [6, 6.07) is 3.27. The van der Waals surface area contributed by atoms with Gasteiger partial charge in [0.05, 0.1) is 0 Å². The number of fused-ring (bicyclic) bond motifs is 3. The van der Waals surface area contributed by atoms with Crippen LogP contribution in [0.15, 0.2) is 18.3 Å². The standard InChI is InChI=1S/C18H20F3N7OS/c1-10-22-17(30-26-10)27-7-11-4-5-12(8-27)14(11)23-16-24-15-13(29-9-18(19,20)21)3-2-6-28(15)25-16/h2-3,6,11-12,14H,4-5,7-9H2,1H3,(H,23,25)/t11-,12?,14-/m0/s1. The van der Waals surface area contributed by atoms with Gasteiger partial charge in [-0.2, -0.15) is 22.5 Å². The number of hydrogen-bond donors (Lipinski definition) is 1. The third-order valence-corrected chi connectivity index (χ3v) is 6.50. The summed E-state index contributed by atoms with van der Waals surface area (Å²) in [5.74, 6) is 2.08. The number of alkyl halides is 3. The molecule has 1 saturated heterocycles. The lowest BCUT2D eigenvalue weighted by Gasteiger charge is -2.37. The van der Waals surface area contributed by atoms with Crippen LogP contribution in [0.3, 0.4) is 0 Å². The third-order valence-electron chi connectivity index (χ3n) is 5.63. The van der Waals surface area contributed by atoms with Crippen molar-refractivity contribution in [3.8, 4) is 5.75 Å². The lowest BCUT2D eigenvalue weighted by Crippen LogP contribution is -2.48. The third kappa shape index (κ3) is 3.75. The molecular formula is C18H20F3N7OS. The molecule has 3 aromatic rings. The van der Waals surface area contributed by atoms with Crippen molar-refractivity contribution >= 4 is 28.3 Å². The number of rotatable bonds is 5. The van der Waals surface area contributed by atoms with Crippen LogP contribution in [0, 0.1) is 18.8 Å². The highest BCUT2D eigenvalue weighted by molar-refractivity contribution is 7.09. The molecule has 1 N–H and O–H groups in total. The summed E-state index contributed by atoms with van der Waals surface area (Å²) in [6.07, 6.45) is -0.566. The number of nitrogens with one attached hydrogen (secondary N) is 1. The molecule has 12 heteroatoms. The molecule has 1 aliphatic carbocycles. The number of ether oxygens (including phenoxy) is 1. The average Bonchev–Trinajstić information content (AvgIpc) is 3.36. The van der Waals surface area contributed by atoms with Gasteiger partial charge in [0.15, 0.2) is 18.0 Å². The van der Waals surface area contributed by atoms with Crippen molar-refractivity contribution in [1.82, 2.24) is 24.0 Å². The highest BCUT2D eigenvalue weighted by atomic mass is 32.1. The first-order chi connectivity index (χ1) is 14.4. The van der Waals surface area contributed by atoms with E-state index in [1.54, 1.807) is 12.3 Å². The Hall–Kier alpha value is -2.63. The van der Waals surface area contributed by atoms with Crippen molar-refractivity contribution in [3.63, 3.8) is 0 Å². The maximum Gasteiger partial charge on any atom is 0.422 e. The lowest BCUT2D eigenvalue weighted by atomic mass is 9.92. The van der Waals surface area contributed by atoms with Gasteiger partial charge in [-0.3, -0.25) is 0 Å². The first kappa shape index (κ1) is 19.3. The molecule has 4 heterocycles. The fourth-order valence-corrected chi connectivity index (χ4v) is 5.09. The van der Waals surface area contributed by atoms with Gasteiger partial charge >= 0.3 is 6.18 Å². The molecule has 30 heavy (non-hydrogen) atoms. The van der Waals surface area contributed by atoms with Gasteiger partial charge in [-0.25, -0.2) is 9.50 Å². The van der Waals surface area contributed by atoms with Crippen molar-refractivity contribution < 1.29 is 17.9 Å². The summed E-state index contributed by atoms with van der Waals surface area (Å²) >= 11 is 1.43. The Balaban J connectivity index is 1.31. The van der Waals surface area contributed by atoms with E-state index in [1.807, 2.05) is 6.92 Å². The second kappa shape index (κ2) is 7.25. The zero-order valence-electron chi connectivity index (χ0n) is 16.1.